The Morgan fingerprint density at radius 3 is 2.59 bits per heavy atom. The highest BCUT2D eigenvalue weighted by Gasteiger charge is 2.39. The molecule has 3 heterocycles. The van der Waals surface area contributed by atoms with Crippen LogP contribution < -0.4 is 0 Å². The summed E-state index contributed by atoms with van der Waals surface area (Å²) < 4.78 is 12.8. The van der Waals surface area contributed by atoms with Crippen LogP contribution in [0.25, 0.3) is 0 Å². The Balaban J connectivity index is 1.37. The fraction of sp³-hybridized carbons (Fsp3) is 0.400. The minimum absolute atomic E-state index is 0.176. The molecule has 29 heavy (non-hydrogen) atoms. The number of imide groups is 1. The number of carbonyl (C=O) groups excluding carboxylic acids is 3. The van der Waals surface area contributed by atoms with E-state index in [1.165, 1.54) is 18.3 Å². The molecule has 1 aromatic heterocycles. The molecule has 9 nitrogen and oxygen atoms in total. The van der Waals surface area contributed by atoms with Gasteiger partial charge in [-0.3, -0.25) is 14.3 Å². The first-order valence-electron chi connectivity index (χ1n) is 9.52. The molecule has 2 aliphatic rings. The van der Waals surface area contributed by atoms with Crippen molar-refractivity contribution < 1.29 is 28.7 Å². The molecule has 1 fully saturated rings. The zero-order chi connectivity index (χ0) is 20.4. The molecule has 1 unspecified atom stereocenters. The molecule has 0 N–H and O–H groups in total. The van der Waals surface area contributed by atoms with E-state index in [-0.39, 0.29) is 23.0 Å². The van der Waals surface area contributed by atoms with Crippen LogP contribution in [0.2, 0.25) is 0 Å². The Hall–Kier alpha value is -3.04. The molecule has 0 bridgehead atoms. The van der Waals surface area contributed by atoms with E-state index in [0.717, 1.165) is 19.3 Å². The summed E-state index contributed by atoms with van der Waals surface area (Å²) in [4.78, 5) is 42.3. The summed E-state index contributed by atoms with van der Waals surface area (Å²) in [5.74, 6) is -2.14. The number of hydrogen-bond donors (Lipinski definition) is 0. The summed E-state index contributed by atoms with van der Waals surface area (Å²) in [5.41, 5.74) is 1.15. The number of benzene rings is 1. The summed E-state index contributed by atoms with van der Waals surface area (Å²) >= 11 is 0. The van der Waals surface area contributed by atoms with E-state index in [1.54, 1.807) is 23.7 Å². The van der Waals surface area contributed by atoms with Gasteiger partial charge in [0, 0.05) is 6.61 Å². The van der Waals surface area contributed by atoms with Crippen LogP contribution in [-0.2, 0) is 20.9 Å². The fourth-order valence-electron chi connectivity index (χ4n) is 3.37. The summed E-state index contributed by atoms with van der Waals surface area (Å²) in [7, 11) is 0. The van der Waals surface area contributed by atoms with Crippen LogP contribution >= 0.6 is 0 Å². The number of carbonyl (C=O) groups is 3. The molecule has 2 aromatic rings. The lowest BCUT2D eigenvalue weighted by Crippen LogP contribution is -2.32. The molecule has 4 rings (SSSR count). The van der Waals surface area contributed by atoms with E-state index < -0.39 is 17.8 Å². The molecular weight excluding hydrogens is 378 g/mol. The van der Waals surface area contributed by atoms with Crippen LogP contribution in [0, 0.1) is 6.92 Å². The average molecular weight is 399 g/mol. The number of nitrogens with zero attached hydrogens (tertiary/aromatic N) is 3. The largest absolute Gasteiger partial charge is 0.367 e. The second-order valence-corrected chi connectivity index (χ2v) is 6.86. The van der Waals surface area contributed by atoms with Gasteiger partial charge >= 0.3 is 5.97 Å². The van der Waals surface area contributed by atoms with Crippen LogP contribution in [0.3, 0.4) is 0 Å². The van der Waals surface area contributed by atoms with Crippen molar-refractivity contribution in [1.82, 2.24) is 14.8 Å². The number of hydrogen-bond acceptors (Lipinski definition) is 7. The fourth-order valence-corrected chi connectivity index (χ4v) is 3.37. The summed E-state index contributed by atoms with van der Waals surface area (Å²) in [6, 6.07) is 6.32. The zero-order valence-corrected chi connectivity index (χ0v) is 16.0. The highest BCUT2D eigenvalue weighted by atomic mass is 16.7. The Kier molecular flexibility index (Phi) is 5.41. The maximum absolute atomic E-state index is 12.5. The SMILES string of the molecule is Cc1c(C(=O)ON2C(=O)c3ccccc3C2=O)cnn1CCOC1CCCCO1. The number of fused-ring (bicyclic) bond motifs is 1. The molecule has 9 heteroatoms. The third-order valence-electron chi connectivity index (χ3n) is 5.00. The van der Waals surface area contributed by atoms with Gasteiger partial charge in [0.05, 0.1) is 36.2 Å². The molecule has 2 aliphatic heterocycles. The summed E-state index contributed by atoms with van der Waals surface area (Å²) in [6.07, 6.45) is 4.16. The van der Waals surface area contributed by atoms with Crippen molar-refractivity contribution in [2.24, 2.45) is 0 Å². The van der Waals surface area contributed by atoms with E-state index in [2.05, 4.69) is 5.10 Å². The predicted octanol–water partition coefficient (Wildman–Crippen LogP) is 2.10. The molecule has 1 saturated heterocycles. The quantitative estimate of drug-likeness (QED) is 0.686. The third-order valence-corrected chi connectivity index (χ3v) is 5.00. The van der Waals surface area contributed by atoms with Crippen molar-refractivity contribution in [3.05, 3.63) is 52.8 Å². The molecule has 0 radical (unpaired) electrons. The summed E-state index contributed by atoms with van der Waals surface area (Å²) in [5, 5.41) is 4.67. The van der Waals surface area contributed by atoms with Gasteiger partial charge in [-0.2, -0.15) is 5.10 Å². The molecule has 1 atom stereocenters. The van der Waals surface area contributed by atoms with E-state index >= 15 is 0 Å². The Morgan fingerprint density at radius 2 is 1.93 bits per heavy atom. The van der Waals surface area contributed by atoms with E-state index in [0.29, 0.717) is 30.5 Å². The normalized spacial score (nSPS) is 18.8. The minimum Gasteiger partial charge on any atom is -0.353 e. The lowest BCUT2D eigenvalue weighted by molar-refractivity contribution is -0.163. The zero-order valence-electron chi connectivity index (χ0n) is 16.0. The Morgan fingerprint density at radius 1 is 1.21 bits per heavy atom. The number of hydroxylamine groups is 2. The van der Waals surface area contributed by atoms with Crippen LogP contribution in [0.5, 0.6) is 0 Å². The first-order valence-corrected chi connectivity index (χ1v) is 9.52. The van der Waals surface area contributed by atoms with Gasteiger partial charge in [-0.25, -0.2) is 4.79 Å². The maximum atomic E-state index is 12.5. The van der Waals surface area contributed by atoms with E-state index in [4.69, 9.17) is 14.3 Å². The molecule has 0 saturated carbocycles. The van der Waals surface area contributed by atoms with Crippen molar-refractivity contribution in [3.8, 4) is 0 Å². The maximum Gasteiger partial charge on any atom is 0.367 e. The third kappa shape index (κ3) is 3.79. The smallest absolute Gasteiger partial charge is 0.353 e. The standard InChI is InChI=1S/C20H21N3O6/c1-13-16(12-21-22(13)9-11-28-17-8-4-5-10-27-17)20(26)29-23-18(24)14-6-2-3-7-15(14)19(23)25/h2-3,6-7,12,17H,4-5,8-11H2,1H3. The van der Waals surface area contributed by atoms with Crippen molar-refractivity contribution in [2.45, 2.75) is 39.0 Å². The molecule has 1 aromatic carbocycles. The molecule has 0 aliphatic carbocycles. The van der Waals surface area contributed by atoms with Gasteiger partial charge in [0.15, 0.2) is 6.29 Å². The van der Waals surface area contributed by atoms with Crippen LogP contribution in [0.4, 0.5) is 0 Å². The van der Waals surface area contributed by atoms with Gasteiger partial charge in [0.2, 0.25) is 0 Å². The minimum atomic E-state index is -0.820. The highest BCUT2D eigenvalue weighted by Crippen LogP contribution is 2.23. The van der Waals surface area contributed by atoms with Crippen LogP contribution in [-0.4, -0.2) is 52.1 Å². The van der Waals surface area contributed by atoms with E-state index in [1.807, 2.05) is 0 Å². The van der Waals surface area contributed by atoms with Crippen molar-refractivity contribution in [2.75, 3.05) is 13.2 Å². The monoisotopic (exact) mass is 399 g/mol. The average Bonchev–Trinajstić information content (AvgIpc) is 3.22. The molecular formula is C20H21N3O6. The van der Waals surface area contributed by atoms with Gasteiger partial charge in [-0.1, -0.05) is 17.2 Å². The van der Waals surface area contributed by atoms with Gasteiger partial charge in [-0.05, 0) is 38.3 Å². The van der Waals surface area contributed by atoms with Gasteiger partial charge in [0.1, 0.15) is 5.56 Å². The van der Waals surface area contributed by atoms with Crippen molar-refractivity contribution in [1.29, 1.82) is 0 Å². The van der Waals surface area contributed by atoms with Crippen LogP contribution in [0.15, 0.2) is 30.5 Å². The number of ether oxygens (including phenoxy) is 2. The summed E-state index contributed by atoms with van der Waals surface area (Å²) in [6.45, 7) is 3.24. The van der Waals surface area contributed by atoms with Crippen molar-refractivity contribution >= 4 is 17.8 Å². The van der Waals surface area contributed by atoms with Gasteiger partial charge < -0.3 is 14.3 Å². The molecule has 152 valence electrons. The van der Waals surface area contributed by atoms with Gasteiger partial charge in [0.25, 0.3) is 11.8 Å². The second-order valence-electron chi connectivity index (χ2n) is 6.86. The lowest BCUT2D eigenvalue weighted by atomic mass is 10.1. The molecule has 0 spiro atoms. The molecule has 2 amide bonds. The van der Waals surface area contributed by atoms with E-state index in [9.17, 15) is 14.4 Å². The van der Waals surface area contributed by atoms with Gasteiger partial charge in [-0.15, -0.1) is 0 Å². The number of aromatic nitrogens is 2. The predicted molar refractivity (Wildman–Crippen MR) is 98.9 cm³/mol. The Bertz CT molecular complexity index is 912. The highest BCUT2D eigenvalue weighted by molar-refractivity contribution is 6.21. The number of rotatable bonds is 6. The van der Waals surface area contributed by atoms with Crippen LogP contribution in [0.1, 0.15) is 56.0 Å². The van der Waals surface area contributed by atoms with Crippen molar-refractivity contribution in [3.63, 3.8) is 0 Å². The lowest BCUT2D eigenvalue weighted by Gasteiger charge is -2.22. The Labute approximate surface area is 167 Å². The first-order chi connectivity index (χ1) is 14.1. The first kappa shape index (κ1) is 19.3. The second kappa shape index (κ2) is 8.14. The number of amides is 2. The topological polar surface area (TPSA) is 100.0 Å².